The first kappa shape index (κ1) is 19.2. The van der Waals surface area contributed by atoms with Gasteiger partial charge in [-0.2, -0.15) is 5.10 Å². The van der Waals surface area contributed by atoms with Gasteiger partial charge < -0.3 is 4.57 Å². The molecule has 0 saturated carbocycles. The van der Waals surface area contributed by atoms with Crippen molar-refractivity contribution in [2.24, 2.45) is 13.0 Å². The summed E-state index contributed by atoms with van der Waals surface area (Å²) in [5, 5.41) is 5.63. The third-order valence-electron chi connectivity index (χ3n) is 6.92. The normalized spacial score (nSPS) is 19.6. The van der Waals surface area contributed by atoms with Gasteiger partial charge in [-0.05, 0) is 42.5 Å². The number of rotatable bonds is 4. The van der Waals surface area contributed by atoms with E-state index in [9.17, 15) is 9.18 Å². The van der Waals surface area contributed by atoms with Crippen LogP contribution >= 0.6 is 0 Å². The molecule has 2 aromatic heterocycles. The molecule has 2 aromatic carbocycles. The summed E-state index contributed by atoms with van der Waals surface area (Å²) in [5.41, 5.74) is 5.79. The van der Waals surface area contributed by atoms with Crippen LogP contribution in [0.3, 0.4) is 0 Å². The van der Waals surface area contributed by atoms with E-state index in [0.717, 1.165) is 41.4 Å². The molecule has 2 unspecified atom stereocenters. The number of halogens is 1. The van der Waals surface area contributed by atoms with E-state index in [1.54, 1.807) is 18.6 Å². The number of nitrogens with zero attached hydrogens (tertiary/aromatic N) is 4. The summed E-state index contributed by atoms with van der Waals surface area (Å²) in [4.78, 5) is 17.5. The fourth-order valence-corrected chi connectivity index (χ4v) is 5.29. The van der Waals surface area contributed by atoms with Gasteiger partial charge in [-0.25, -0.2) is 9.37 Å². The number of aryl methyl sites for hydroxylation is 1. The zero-order valence-electron chi connectivity index (χ0n) is 17.8. The summed E-state index contributed by atoms with van der Waals surface area (Å²) in [7, 11) is 1.93. The first-order valence-corrected chi connectivity index (χ1v) is 11.0. The van der Waals surface area contributed by atoms with Crippen LogP contribution < -0.4 is 0 Å². The average Bonchev–Trinajstić information content (AvgIpc) is 3.49. The van der Waals surface area contributed by atoms with Gasteiger partial charge in [0.2, 0.25) is 0 Å². The molecule has 2 atom stereocenters. The molecule has 1 aliphatic carbocycles. The summed E-state index contributed by atoms with van der Waals surface area (Å²) in [6.45, 7) is 0. The van der Waals surface area contributed by atoms with Crippen molar-refractivity contribution in [3.63, 3.8) is 0 Å². The van der Waals surface area contributed by atoms with E-state index in [4.69, 9.17) is 0 Å². The minimum atomic E-state index is -0.312. The van der Waals surface area contributed by atoms with Crippen LogP contribution in [0.5, 0.6) is 0 Å². The van der Waals surface area contributed by atoms with Crippen molar-refractivity contribution in [1.82, 2.24) is 19.3 Å². The molecule has 0 bridgehead atoms. The highest BCUT2D eigenvalue weighted by Gasteiger charge is 2.34. The monoisotopic (exact) mass is 426 g/mol. The second-order valence-electron chi connectivity index (χ2n) is 8.85. The Morgan fingerprint density at radius 3 is 3.00 bits per heavy atom. The molecule has 1 aliphatic heterocycles. The quantitative estimate of drug-likeness (QED) is 0.444. The minimum absolute atomic E-state index is 0.0277. The molecule has 3 heterocycles. The van der Waals surface area contributed by atoms with Crippen molar-refractivity contribution in [2.45, 2.75) is 31.7 Å². The van der Waals surface area contributed by atoms with Crippen molar-refractivity contribution < 1.29 is 9.18 Å². The Labute approximate surface area is 185 Å². The lowest BCUT2D eigenvalue weighted by Gasteiger charge is -2.23. The van der Waals surface area contributed by atoms with E-state index in [1.807, 2.05) is 28.6 Å². The topological polar surface area (TPSA) is 52.7 Å². The summed E-state index contributed by atoms with van der Waals surface area (Å²) < 4.78 is 18.4. The standard InChI is InChI=1S/C26H23FN4O/c1-30-14-19-10-9-18(11-22(19)29-30)16-5-7-17(8-6-16)25(32)12-23-26-20(3-2-4-21(26)27)24-13-28-15-31(23)24/h2-5,9-11,13-15,17,23H,6-8,12H2,1H3. The Hall–Kier alpha value is -3.54. The molecular formula is C26H23FN4O. The number of hydrogen-bond donors (Lipinski definition) is 0. The molecule has 0 N–H and O–H groups in total. The van der Waals surface area contributed by atoms with Crippen LogP contribution in [-0.4, -0.2) is 25.1 Å². The van der Waals surface area contributed by atoms with E-state index in [0.29, 0.717) is 12.0 Å². The molecule has 32 heavy (non-hydrogen) atoms. The molecule has 6 heteroatoms. The highest BCUT2D eigenvalue weighted by atomic mass is 19.1. The van der Waals surface area contributed by atoms with Gasteiger partial charge in [0, 0.05) is 42.1 Å². The van der Waals surface area contributed by atoms with Gasteiger partial charge >= 0.3 is 0 Å². The largest absolute Gasteiger partial charge is 0.322 e. The van der Waals surface area contributed by atoms with Gasteiger partial charge in [0.25, 0.3) is 0 Å². The number of allylic oxidation sites excluding steroid dienone is 2. The van der Waals surface area contributed by atoms with Gasteiger partial charge in [-0.1, -0.05) is 30.3 Å². The van der Waals surface area contributed by atoms with Crippen LogP contribution in [-0.2, 0) is 11.8 Å². The summed E-state index contributed by atoms with van der Waals surface area (Å²) in [6.07, 6.45) is 10.4. The molecule has 6 rings (SSSR count). The van der Waals surface area contributed by atoms with Crippen LogP contribution in [0.1, 0.15) is 42.9 Å². The first-order chi connectivity index (χ1) is 15.6. The third-order valence-corrected chi connectivity index (χ3v) is 6.92. The number of ketones is 1. The van der Waals surface area contributed by atoms with Gasteiger partial charge in [0.15, 0.2) is 0 Å². The molecule has 2 aliphatic rings. The van der Waals surface area contributed by atoms with E-state index in [-0.39, 0.29) is 23.6 Å². The van der Waals surface area contributed by atoms with Gasteiger partial charge in [-0.15, -0.1) is 0 Å². The average molecular weight is 426 g/mol. The smallest absolute Gasteiger partial charge is 0.138 e. The Bertz CT molecular complexity index is 1400. The molecule has 0 saturated heterocycles. The predicted octanol–water partition coefficient (Wildman–Crippen LogP) is 5.32. The zero-order valence-corrected chi connectivity index (χ0v) is 17.8. The number of benzene rings is 2. The van der Waals surface area contributed by atoms with Gasteiger partial charge in [0.05, 0.1) is 29.8 Å². The molecular weight excluding hydrogens is 403 g/mol. The van der Waals surface area contributed by atoms with Crippen LogP contribution in [0.25, 0.3) is 27.7 Å². The minimum Gasteiger partial charge on any atom is -0.322 e. The number of Topliss-reactive ketones (excluding diaryl/α,β-unsaturated/α-hetero) is 1. The highest BCUT2D eigenvalue weighted by molar-refractivity contribution is 5.86. The number of carbonyl (C=O) groups is 1. The lowest BCUT2D eigenvalue weighted by Crippen LogP contribution is -2.21. The lowest BCUT2D eigenvalue weighted by molar-refractivity contribution is -0.123. The Morgan fingerprint density at radius 1 is 1.25 bits per heavy atom. The summed E-state index contributed by atoms with van der Waals surface area (Å²) in [5.74, 6) is -0.0823. The van der Waals surface area contributed by atoms with Crippen LogP contribution in [0.2, 0.25) is 0 Å². The molecule has 5 nitrogen and oxygen atoms in total. The number of carbonyl (C=O) groups excluding carboxylic acids is 1. The van der Waals surface area contributed by atoms with E-state index in [2.05, 4.69) is 34.4 Å². The van der Waals surface area contributed by atoms with E-state index >= 15 is 0 Å². The maximum atomic E-state index is 14.7. The van der Waals surface area contributed by atoms with Crippen molar-refractivity contribution in [3.05, 3.63) is 78.1 Å². The summed E-state index contributed by atoms with van der Waals surface area (Å²) >= 11 is 0. The van der Waals surface area contributed by atoms with E-state index in [1.165, 1.54) is 17.2 Å². The lowest BCUT2D eigenvalue weighted by atomic mass is 9.82. The van der Waals surface area contributed by atoms with Gasteiger partial charge in [-0.3, -0.25) is 9.48 Å². The third kappa shape index (κ3) is 3.01. The van der Waals surface area contributed by atoms with Crippen LogP contribution in [0.4, 0.5) is 4.39 Å². The second kappa shape index (κ2) is 7.26. The SMILES string of the molecule is Cn1cc2ccc(C3=CCC(C(=O)CC4c5c(F)cccc5-c5cncn54)CC3)cc2n1. The first-order valence-electron chi connectivity index (χ1n) is 11.0. The van der Waals surface area contributed by atoms with Crippen molar-refractivity contribution in [3.8, 4) is 11.3 Å². The zero-order chi connectivity index (χ0) is 21.8. The maximum Gasteiger partial charge on any atom is 0.138 e. The second-order valence-corrected chi connectivity index (χ2v) is 8.85. The van der Waals surface area contributed by atoms with Crippen LogP contribution in [0, 0.1) is 11.7 Å². The molecule has 4 aromatic rings. The molecule has 0 amide bonds. The Kier molecular flexibility index (Phi) is 4.35. The number of imidazole rings is 1. The van der Waals surface area contributed by atoms with Crippen molar-refractivity contribution >= 4 is 22.3 Å². The number of hydrogen-bond acceptors (Lipinski definition) is 3. The Morgan fingerprint density at radius 2 is 2.16 bits per heavy atom. The predicted molar refractivity (Wildman–Crippen MR) is 121 cm³/mol. The Balaban J connectivity index is 1.21. The molecule has 0 radical (unpaired) electrons. The molecule has 0 spiro atoms. The number of aromatic nitrogens is 4. The highest BCUT2D eigenvalue weighted by Crippen LogP contribution is 2.43. The fourth-order valence-electron chi connectivity index (χ4n) is 5.29. The van der Waals surface area contributed by atoms with Crippen molar-refractivity contribution in [2.75, 3.05) is 0 Å². The molecule has 160 valence electrons. The fraction of sp³-hybridized carbons (Fsp3) is 0.269. The van der Waals surface area contributed by atoms with Gasteiger partial charge in [0.1, 0.15) is 11.6 Å². The summed E-state index contributed by atoms with van der Waals surface area (Å²) in [6, 6.07) is 11.2. The van der Waals surface area contributed by atoms with Crippen LogP contribution in [0.15, 0.2) is 61.2 Å². The van der Waals surface area contributed by atoms with E-state index < -0.39 is 0 Å². The number of fused-ring (bicyclic) bond motifs is 4. The maximum absolute atomic E-state index is 14.7. The molecule has 0 fully saturated rings. The van der Waals surface area contributed by atoms with Crippen molar-refractivity contribution in [1.29, 1.82) is 0 Å².